The summed E-state index contributed by atoms with van der Waals surface area (Å²) in [6, 6.07) is 1.89. The third-order valence-electron chi connectivity index (χ3n) is 2.17. The Bertz CT molecular complexity index is 316. The fourth-order valence-electron chi connectivity index (χ4n) is 1.39. The summed E-state index contributed by atoms with van der Waals surface area (Å²) in [5.74, 6) is 0.764. The highest BCUT2D eigenvalue weighted by atomic mass is 16.5. The molecular formula is C12H20N2O2. The van der Waals surface area contributed by atoms with Gasteiger partial charge in [0.2, 0.25) is 0 Å². The van der Waals surface area contributed by atoms with Gasteiger partial charge in [0.05, 0.1) is 12.3 Å². The van der Waals surface area contributed by atoms with Gasteiger partial charge in [-0.2, -0.15) is 0 Å². The quantitative estimate of drug-likeness (QED) is 0.802. The number of aromatic nitrogens is 1. The van der Waals surface area contributed by atoms with Crippen LogP contribution in [0, 0.1) is 0 Å². The van der Waals surface area contributed by atoms with E-state index in [1.807, 2.05) is 19.9 Å². The van der Waals surface area contributed by atoms with E-state index in [2.05, 4.69) is 4.98 Å². The summed E-state index contributed by atoms with van der Waals surface area (Å²) in [7, 11) is 1.67. The van der Waals surface area contributed by atoms with E-state index < -0.39 is 0 Å². The molecule has 1 unspecified atom stereocenters. The Kier molecular flexibility index (Phi) is 5.22. The lowest BCUT2D eigenvalue weighted by Crippen LogP contribution is -2.13. The minimum Gasteiger partial charge on any atom is -0.489 e. The minimum atomic E-state index is -0.0526. The van der Waals surface area contributed by atoms with Crippen LogP contribution >= 0.6 is 0 Å². The van der Waals surface area contributed by atoms with E-state index in [9.17, 15) is 0 Å². The van der Waals surface area contributed by atoms with Gasteiger partial charge in [-0.05, 0) is 31.9 Å². The van der Waals surface area contributed by atoms with Crippen molar-refractivity contribution in [3.8, 4) is 5.75 Å². The summed E-state index contributed by atoms with van der Waals surface area (Å²) in [4.78, 5) is 4.12. The van der Waals surface area contributed by atoms with Crippen molar-refractivity contribution in [3.63, 3.8) is 0 Å². The fraction of sp³-hybridized carbons (Fsp3) is 0.583. The van der Waals surface area contributed by atoms with Crippen LogP contribution in [0.5, 0.6) is 5.75 Å². The summed E-state index contributed by atoms with van der Waals surface area (Å²) in [5.41, 5.74) is 6.99. The maximum Gasteiger partial charge on any atom is 0.138 e. The van der Waals surface area contributed by atoms with Crippen LogP contribution in [-0.2, 0) is 4.74 Å². The molecule has 90 valence electrons. The first-order chi connectivity index (χ1) is 7.63. The molecule has 0 aromatic carbocycles. The molecule has 0 fully saturated rings. The smallest absolute Gasteiger partial charge is 0.138 e. The summed E-state index contributed by atoms with van der Waals surface area (Å²) in [6.45, 7) is 4.62. The third-order valence-corrected chi connectivity index (χ3v) is 2.17. The molecule has 4 nitrogen and oxygen atoms in total. The first-order valence-corrected chi connectivity index (χ1v) is 5.49. The number of pyridine rings is 1. The van der Waals surface area contributed by atoms with Crippen LogP contribution in [0.15, 0.2) is 18.5 Å². The Labute approximate surface area is 96.8 Å². The van der Waals surface area contributed by atoms with Crippen molar-refractivity contribution in [2.75, 3.05) is 13.7 Å². The molecule has 2 N–H and O–H groups in total. The predicted molar refractivity (Wildman–Crippen MR) is 63.4 cm³/mol. The lowest BCUT2D eigenvalue weighted by atomic mass is 10.1. The number of hydrogen-bond acceptors (Lipinski definition) is 4. The molecule has 0 bridgehead atoms. The third kappa shape index (κ3) is 4.16. The molecule has 1 aromatic heterocycles. The van der Waals surface area contributed by atoms with Gasteiger partial charge in [0, 0.05) is 26.0 Å². The zero-order valence-electron chi connectivity index (χ0n) is 10.1. The van der Waals surface area contributed by atoms with Gasteiger partial charge in [-0.1, -0.05) is 0 Å². The second-order valence-electron chi connectivity index (χ2n) is 4.01. The average Bonchev–Trinajstić information content (AvgIpc) is 2.25. The number of methoxy groups -OCH3 is 1. The first kappa shape index (κ1) is 12.9. The molecule has 0 aliphatic rings. The van der Waals surface area contributed by atoms with Gasteiger partial charge in [-0.15, -0.1) is 0 Å². The summed E-state index contributed by atoms with van der Waals surface area (Å²) >= 11 is 0. The van der Waals surface area contributed by atoms with Crippen molar-refractivity contribution in [3.05, 3.63) is 24.0 Å². The molecule has 0 aliphatic carbocycles. The van der Waals surface area contributed by atoms with E-state index in [-0.39, 0.29) is 12.1 Å². The van der Waals surface area contributed by atoms with Crippen molar-refractivity contribution in [1.29, 1.82) is 0 Å². The second-order valence-corrected chi connectivity index (χ2v) is 4.01. The molecule has 0 aliphatic heterocycles. The molecule has 0 saturated carbocycles. The van der Waals surface area contributed by atoms with E-state index in [0.717, 1.165) is 17.7 Å². The van der Waals surface area contributed by atoms with E-state index >= 15 is 0 Å². The highest BCUT2D eigenvalue weighted by Crippen LogP contribution is 2.19. The lowest BCUT2D eigenvalue weighted by molar-refractivity contribution is 0.188. The Morgan fingerprint density at radius 2 is 2.12 bits per heavy atom. The topological polar surface area (TPSA) is 57.4 Å². The number of rotatable bonds is 6. The largest absolute Gasteiger partial charge is 0.489 e. The van der Waals surface area contributed by atoms with Gasteiger partial charge >= 0.3 is 0 Å². The molecule has 0 radical (unpaired) electrons. The highest BCUT2D eigenvalue weighted by Gasteiger charge is 2.08. The Hall–Kier alpha value is -1.13. The Balaban J connectivity index is 2.65. The van der Waals surface area contributed by atoms with Crippen LogP contribution in [-0.4, -0.2) is 24.8 Å². The zero-order chi connectivity index (χ0) is 12.0. The van der Waals surface area contributed by atoms with Crippen LogP contribution in [0.2, 0.25) is 0 Å². The maximum atomic E-state index is 6.01. The molecule has 1 heterocycles. The molecule has 16 heavy (non-hydrogen) atoms. The van der Waals surface area contributed by atoms with Gasteiger partial charge in [0.25, 0.3) is 0 Å². The molecule has 1 aromatic rings. The molecule has 0 amide bonds. The lowest BCUT2D eigenvalue weighted by Gasteiger charge is -2.14. The Morgan fingerprint density at radius 1 is 1.38 bits per heavy atom. The van der Waals surface area contributed by atoms with Crippen LogP contribution in [0.25, 0.3) is 0 Å². The van der Waals surface area contributed by atoms with Crippen molar-refractivity contribution >= 4 is 0 Å². The Morgan fingerprint density at radius 3 is 2.75 bits per heavy atom. The molecular weight excluding hydrogens is 204 g/mol. The number of hydrogen-bond donors (Lipinski definition) is 1. The maximum absolute atomic E-state index is 6.01. The molecule has 4 heteroatoms. The monoisotopic (exact) mass is 224 g/mol. The van der Waals surface area contributed by atoms with Gasteiger partial charge in [-0.25, -0.2) is 0 Å². The molecule has 0 spiro atoms. The molecule has 0 saturated heterocycles. The SMILES string of the molecule is COCCC(N)c1cncc(OC(C)C)c1. The normalized spacial score (nSPS) is 12.8. The van der Waals surface area contributed by atoms with Gasteiger partial charge < -0.3 is 15.2 Å². The number of ether oxygens (including phenoxy) is 2. The van der Waals surface area contributed by atoms with Crippen LogP contribution in [0.1, 0.15) is 31.9 Å². The zero-order valence-corrected chi connectivity index (χ0v) is 10.1. The molecule has 1 atom stereocenters. The first-order valence-electron chi connectivity index (χ1n) is 5.49. The summed E-state index contributed by atoms with van der Waals surface area (Å²) in [5, 5.41) is 0. The van der Waals surface area contributed by atoms with Gasteiger partial charge in [-0.3, -0.25) is 4.98 Å². The second kappa shape index (κ2) is 6.45. The van der Waals surface area contributed by atoms with E-state index in [4.69, 9.17) is 15.2 Å². The fourth-order valence-corrected chi connectivity index (χ4v) is 1.39. The van der Waals surface area contributed by atoms with Crippen LogP contribution in [0.3, 0.4) is 0 Å². The van der Waals surface area contributed by atoms with Crippen LogP contribution in [0.4, 0.5) is 0 Å². The van der Waals surface area contributed by atoms with E-state index in [1.165, 1.54) is 0 Å². The van der Waals surface area contributed by atoms with Crippen LogP contribution < -0.4 is 10.5 Å². The minimum absolute atomic E-state index is 0.0526. The predicted octanol–water partition coefficient (Wildman–Crippen LogP) is 1.91. The number of nitrogens with two attached hydrogens (primary N) is 1. The highest BCUT2D eigenvalue weighted by molar-refractivity contribution is 5.25. The summed E-state index contributed by atoms with van der Waals surface area (Å²) in [6.07, 6.45) is 4.40. The van der Waals surface area contributed by atoms with Crippen molar-refractivity contribution < 1.29 is 9.47 Å². The number of nitrogens with zero attached hydrogens (tertiary/aromatic N) is 1. The van der Waals surface area contributed by atoms with Crippen molar-refractivity contribution in [2.45, 2.75) is 32.4 Å². The van der Waals surface area contributed by atoms with Gasteiger partial charge in [0.1, 0.15) is 5.75 Å². The van der Waals surface area contributed by atoms with Gasteiger partial charge in [0.15, 0.2) is 0 Å². The standard InChI is InChI=1S/C12H20N2O2/c1-9(2)16-11-6-10(7-14-8-11)12(13)4-5-15-3/h6-9,12H,4-5,13H2,1-3H3. The van der Waals surface area contributed by atoms with E-state index in [0.29, 0.717) is 6.61 Å². The average molecular weight is 224 g/mol. The summed E-state index contributed by atoms with van der Waals surface area (Å²) < 4.78 is 10.6. The van der Waals surface area contributed by atoms with Crippen molar-refractivity contribution in [2.24, 2.45) is 5.73 Å². The van der Waals surface area contributed by atoms with Crippen molar-refractivity contribution in [1.82, 2.24) is 4.98 Å². The van der Waals surface area contributed by atoms with E-state index in [1.54, 1.807) is 19.5 Å². The molecule has 1 rings (SSSR count).